The normalized spacial score (nSPS) is 10.3. The third-order valence-electron chi connectivity index (χ3n) is 3.99. The molecule has 0 heterocycles. The van der Waals surface area contributed by atoms with Gasteiger partial charge in [0.25, 0.3) is 0 Å². The molecule has 5 nitrogen and oxygen atoms in total. The average molecular weight is 364 g/mol. The second kappa shape index (κ2) is 8.76. The fourth-order valence-corrected chi connectivity index (χ4v) is 2.51. The number of carbonyl (C=O) groups is 1. The second-order valence-electron chi connectivity index (χ2n) is 5.87. The average Bonchev–Trinajstić information content (AvgIpc) is 2.71. The van der Waals surface area contributed by atoms with Gasteiger partial charge in [0.15, 0.2) is 0 Å². The standard InChI is InChI=1S/C22H20O5/c1-25-18-9-7-17(8-10-18)15-27-21-13-19(11-12-20(21)22(23)24)26-14-16-5-3-2-4-6-16/h2-13H,14-15H2,1H3,(H,23,24). The first-order chi connectivity index (χ1) is 13.2. The Kier molecular flexibility index (Phi) is 5.94. The van der Waals surface area contributed by atoms with Crippen molar-refractivity contribution in [3.8, 4) is 17.2 Å². The van der Waals surface area contributed by atoms with E-state index in [1.807, 2.05) is 54.6 Å². The molecule has 0 aliphatic rings. The summed E-state index contributed by atoms with van der Waals surface area (Å²) in [5, 5.41) is 9.39. The van der Waals surface area contributed by atoms with E-state index in [9.17, 15) is 9.90 Å². The molecular formula is C22H20O5. The minimum atomic E-state index is -1.05. The highest BCUT2D eigenvalue weighted by molar-refractivity contribution is 5.91. The molecule has 3 aromatic rings. The molecule has 0 saturated heterocycles. The number of methoxy groups -OCH3 is 1. The molecule has 0 spiro atoms. The summed E-state index contributed by atoms with van der Waals surface area (Å²) < 4.78 is 16.6. The number of hydrogen-bond acceptors (Lipinski definition) is 4. The number of hydrogen-bond donors (Lipinski definition) is 1. The summed E-state index contributed by atoms with van der Waals surface area (Å²) in [6.07, 6.45) is 0. The molecule has 0 atom stereocenters. The molecule has 3 aromatic carbocycles. The van der Waals surface area contributed by atoms with E-state index in [-0.39, 0.29) is 17.9 Å². The molecule has 0 saturated carbocycles. The van der Waals surface area contributed by atoms with E-state index < -0.39 is 5.97 Å². The first kappa shape index (κ1) is 18.3. The van der Waals surface area contributed by atoms with Crippen molar-refractivity contribution in [2.45, 2.75) is 13.2 Å². The lowest BCUT2D eigenvalue weighted by Crippen LogP contribution is -2.04. The highest BCUT2D eigenvalue weighted by Gasteiger charge is 2.13. The lowest BCUT2D eigenvalue weighted by atomic mass is 10.2. The fraction of sp³-hybridized carbons (Fsp3) is 0.136. The Labute approximate surface area is 157 Å². The van der Waals surface area contributed by atoms with Crippen LogP contribution >= 0.6 is 0 Å². The van der Waals surface area contributed by atoms with Crippen LogP contribution in [0.4, 0.5) is 0 Å². The van der Waals surface area contributed by atoms with E-state index in [2.05, 4.69) is 0 Å². The van der Waals surface area contributed by atoms with Gasteiger partial charge in [-0.15, -0.1) is 0 Å². The van der Waals surface area contributed by atoms with Gasteiger partial charge in [0.2, 0.25) is 0 Å². The number of aromatic carboxylic acids is 1. The van der Waals surface area contributed by atoms with E-state index in [0.717, 1.165) is 16.9 Å². The quantitative estimate of drug-likeness (QED) is 0.635. The Bertz CT molecular complexity index is 888. The molecule has 138 valence electrons. The van der Waals surface area contributed by atoms with Crippen LogP contribution in [0.3, 0.4) is 0 Å². The van der Waals surface area contributed by atoms with Gasteiger partial charge in [-0.2, -0.15) is 0 Å². The predicted molar refractivity (Wildman–Crippen MR) is 102 cm³/mol. The van der Waals surface area contributed by atoms with Gasteiger partial charge < -0.3 is 19.3 Å². The minimum Gasteiger partial charge on any atom is -0.497 e. The van der Waals surface area contributed by atoms with Crippen LogP contribution in [0.2, 0.25) is 0 Å². The fourth-order valence-electron chi connectivity index (χ4n) is 2.51. The van der Waals surface area contributed by atoms with Gasteiger partial charge in [-0.1, -0.05) is 42.5 Å². The van der Waals surface area contributed by atoms with Crippen LogP contribution in [0, 0.1) is 0 Å². The molecular weight excluding hydrogens is 344 g/mol. The van der Waals surface area contributed by atoms with E-state index in [4.69, 9.17) is 14.2 Å². The molecule has 0 bridgehead atoms. The Balaban J connectivity index is 1.71. The molecule has 0 unspecified atom stereocenters. The van der Waals surface area contributed by atoms with Gasteiger partial charge in [0.05, 0.1) is 7.11 Å². The van der Waals surface area contributed by atoms with Crippen LogP contribution in [0.15, 0.2) is 72.8 Å². The number of ether oxygens (including phenoxy) is 3. The lowest BCUT2D eigenvalue weighted by molar-refractivity contribution is 0.0691. The largest absolute Gasteiger partial charge is 0.497 e. The summed E-state index contributed by atoms with van der Waals surface area (Å²) in [6.45, 7) is 0.636. The zero-order valence-corrected chi connectivity index (χ0v) is 14.9. The van der Waals surface area contributed by atoms with Gasteiger partial charge in [-0.05, 0) is 35.4 Å². The SMILES string of the molecule is COc1ccc(COc2cc(OCc3ccccc3)ccc2C(=O)O)cc1. The van der Waals surface area contributed by atoms with Crippen molar-refractivity contribution in [3.05, 3.63) is 89.5 Å². The number of carboxylic acid groups (broad SMARTS) is 1. The molecule has 0 aromatic heterocycles. The molecule has 5 heteroatoms. The van der Waals surface area contributed by atoms with Crippen molar-refractivity contribution in [2.24, 2.45) is 0 Å². The highest BCUT2D eigenvalue weighted by atomic mass is 16.5. The van der Waals surface area contributed by atoms with Crippen molar-refractivity contribution in [1.29, 1.82) is 0 Å². The molecule has 0 radical (unpaired) electrons. The smallest absolute Gasteiger partial charge is 0.339 e. The number of benzene rings is 3. The van der Waals surface area contributed by atoms with Crippen molar-refractivity contribution >= 4 is 5.97 Å². The van der Waals surface area contributed by atoms with Crippen molar-refractivity contribution in [3.63, 3.8) is 0 Å². The van der Waals surface area contributed by atoms with Crippen LogP contribution in [0.5, 0.6) is 17.2 Å². The van der Waals surface area contributed by atoms with E-state index in [1.54, 1.807) is 19.2 Å². The number of rotatable bonds is 8. The van der Waals surface area contributed by atoms with Crippen LogP contribution in [0.25, 0.3) is 0 Å². The first-order valence-corrected chi connectivity index (χ1v) is 8.45. The maximum atomic E-state index is 11.5. The van der Waals surface area contributed by atoms with E-state index in [1.165, 1.54) is 6.07 Å². The molecule has 1 N–H and O–H groups in total. The third-order valence-corrected chi connectivity index (χ3v) is 3.99. The van der Waals surface area contributed by atoms with Crippen LogP contribution in [-0.4, -0.2) is 18.2 Å². The molecule has 3 rings (SSSR count). The summed E-state index contributed by atoms with van der Waals surface area (Å²) in [5.41, 5.74) is 2.03. The maximum absolute atomic E-state index is 11.5. The van der Waals surface area contributed by atoms with Gasteiger partial charge in [0, 0.05) is 6.07 Å². The van der Waals surface area contributed by atoms with Crippen molar-refractivity contribution in [1.82, 2.24) is 0 Å². The van der Waals surface area contributed by atoms with Crippen molar-refractivity contribution in [2.75, 3.05) is 7.11 Å². The second-order valence-corrected chi connectivity index (χ2v) is 5.87. The van der Waals surface area contributed by atoms with Crippen molar-refractivity contribution < 1.29 is 24.1 Å². The summed E-state index contributed by atoms with van der Waals surface area (Å²) in [6, 6.07) is 21.9. The minimum absolute atomic E-state index is 0.0931. The van der Waals surface area contributed by atoms with Gasteiger partial charge in [-0.3, -0.25) is 0 Å². The molecule has 27 heavy (non-hydrogen) atoms. The van der Waals surface area contributed by atoms with Crippen LogP contribution < -0.4 is 14.2 Å². The molecule has 0 aliphatic heterocycles. The van der Waals surface area contributed by atoms with Crippen LogP contribution in [0.1, 0.15) is 21.5 Å². The summed E-state index contributed by atoms with van der Waals surface area (Å²) >= 11 is 0. The summed E-state index contributed by atoms with van der Waals surface area (Å²) in [4.78, 5) is 11.5. The van der Waals surface area contributed by atoms with Gasteiger partial charge in [-0.25, -0.2) is 4.79 Å². The third kappa shape index (κ3) is 5.01. The van der Waals surface area contributed by atoms with E-state index in [0.29, 0.717) is 12.4 Å². The Morgan fingerprint density at radius 1 is 0.815 bits per heavy atom. The monoisotopic (exact) mass is 364 g/mol. The zero-order chi connectivity index (χ0) is 19.1. The summed E-state index contributed by atoms with van der Waals surface area (Å²) in [7, 11) is 1.60. The highest BCUT2D eigenvalue weighted by Crippen LogP contribution is 2.27. The summed E-state index contributed by atoms with van der Waals surface area (Å²) in [5.74, 6) is 0.521. The predicted octanol–water partition coefficient (Wildman–Crippen LogP) is 4.55. The molecule has 0 aliphatic carbocycles. The maximum Gasteiger partial charge on any atom is 0.339 e. The molecule has 0 amide bonds. The van der Waals surface area contributed by atoms with Gasteiger partial charge in [0.1, 0.15) is 36.0 Å². The number of carboxylic acids is 1. The Hall–Kier alpha value is -3.47. The lowest BCUT2D eigenvalue weighted by Gasteiger charge is -2.12. The van der Waals surface area contributed by atoms with E-state index >= 15 is 0 Å². The zero-order valence-electron chi connectivity index (χ0n) is 14.9. The Morgan fingerprint density at radius 2 is 1.44 bits per heavy atom. The first-order valence-electron chi connectivity index (χ1n) is 8.45. The topological polar surface area (TPSA) is 65.0 Å². The Morgan fingerprint density at radius 3 is 2.11 bits per heavy atom. The van der Waals surface area contributed by atoms with Crippen LogP contribution in [-0.2, 0) is 13.2 Å². The van der Waals surface area contributed by atoms with Gasteiger partial charge >= 0.3 is 5.97 Å². The molecule has 0 fully saturated rings.